The van der Waals surface area contributed by atoms with Crippen LogP contribution in [0.25, 0.3) is 0 Å². The third-order valence-corrected chi connectivity index (χ3v) is 1.70. The molecule has 1 aromatic carbocycles. The summed E-state index contributed by atoms with van der Waals surface area (Å²) in [7, 11) is 1.10. The number of nitriles is 1. The SMILES string of the molecule is COc1c(F)ccc(C(O)C#N)c1F. The van der Waals surface area contributed by atoms with Crippen LogP contribution in [0, 0.1) is 23.0 Å². The van der Waals surface area contributed by atoms with E-state index >= 15 is 0 Å². The lowest BCUT2D eigenvalue weighted by Gasteiger charge is -2.08. The number of rotatable bonds is 2. The second kappa shape index (κ2) is 4.03. The molecule has 1 unspecified atom stereocenters. The Morgan fingerprint density at radius 3 is 2.64 bits per heavy atom. The van der Waals surface area contributed by atoms with Gasteiger partial charge in [0.05, 0.1) is 13.2 Å². The van der Waals surface area contributed by atoms with Gasteiger partial charge in [-0.1, -0.05) is 0 Å². The van der Waals surface area contributed by atoms with Crippen molar-refractivity contribution in [2.24, 2.45) is 0 Å². The highest BCUT2D eigenvalue weighted by Crippen LogP contribution is 2.27. The third kappa shape index (κ3) is 1.65. The van der Waals surface area contributed by atoms with Gasteiger partial charge >= 0.3 is 0 Å². The first-order valence-electron chi connectivity index (χ1n) is 3.71. The van der Waals surface area contributed by atoms with E-state index in [1.807, 2.05) is 0 Å². The Labute approximate surface area is 79.2 Å². The van der Waals surface area contributed by atoms with Crippen LogP contribution in [0.15, 0.2) is 12.1 Å². The average molecular weight is 199 g/mol. The highest BCUT2D eigenvalue weighted by Gasteiger charge is 2.18. The molecular formula is C9H7F2NO2. The maximum Gasteiger partial charge on any atom is 0.190 e. The molecule has 0 saturated carbocycles. The standard InChI is InChI=1S/C9H7F2NO2/c1-14-9-6(10)3-2-5(8(9)11)7(13)4-12/h2-3,7,13H,1H3. The van der Waals surface area contributed by atoms with Crippen LogP contribution in [-0.2, 0) is 0 Å². The smallest absolute Gasteiger partial charge is 0.190 e. The topological polar surface area (TPSA) is 53.2 Å². The fourth-order valence-electron chi connectivity index (χ4n) is 1.02. The number of ether oxygens (including phenoxy) is 1. The summed E-state index contributed by atoms with van der Waals surface area (Å²) in [5, 5.41) is 17.4. The van der Waals surface area contributed by atoms with Crippen molar-refractivity contribution in [3.05, 3.63) is 29.3 Å². The van der Waals surface area contributed by atoms with Crippen molar-refractivity contribution in [1.29, 1.82) is 5.26 Å². The summed E-state index contributed by atoms with van der Waals surface area (Å²) in [5.74, 6) is -2.53. The molecule has 5 heteroatoms. The molecule has 3 nitrogen and oxygen atoms in total. The summed E-state index contributed by atoms with van der Waals surface area (Å²) in [5.41, 5.74) is -0.300. The minimum atomic E-state index is -1.62. The molecule has 1 N–H and O–H groups in total. The lowest BCUT2D eigenvalue weighted by atomic mass is 10.1. The zero-order valence-corrected chi connectivity index (χ0v) is 7.29. The van der Waals surface area contributed by atoms with E-state index in [0.717, 1.165) is 19.2 Å². The van der Waals surface area contributed by atoms with Gasteiger partial charge in [-0.15, -0.1) is 0 Å². The number of nitrogens with zero attached hydrogens (tertiary/aromatic N) is 1. The Kier molecular flexibility index (Phi) is 2.99. The Bertz CT molecular complexity index is 387. The van der Waals surface area contributed by atoms with Crippen LogP contribution in [0.2, 0.25) is 0 Å². The van der Waals surface area contributed by atoms with E-state index in [2.05, 4.69) is 4.74 Å². The normalized spacial score (nSPS) is 11.9. The van der Waals surface area contributed by atoms with Gasteiger partial charge in [0.1, 0.15) is 0 Å². The minimum absolute atomic E-state index is 0.300. The van der Waals surface area contributed by atoms with Crippen LogP contribution in [0.1, 0.15) is 11.7 Å². The first-order valence-corrected chi connectivity index (χ1v) is 3.71. The second-order valence-corrected chi connectivity index (χ2v) is 2.52. The number of methoxy groups -OCH3 is 1. The molecule has 1 rings (SSSR count). The molecule has 0 aromatic heterocycles. The van der Waals surface area contributed by atoms with E-state index in [1.165, 1.54) is 6.07 Å². The largest absolute Gasteiger partial charge is 0.491 e. The van der Waals surface area contributed by atoms with E-state index in [1.54, 1.807) is 0 Å². The number of benzene rings is 1. The summed E-state index contributed by atoms with van der Waals surface area (Å²) in [6.45, 7) is 0. The Balaban J connectivity index is 3.29. The van der Waals surface area contributed by atoms with Crippen molar-refractivity contribution < 1.29 is 18.6 Å². The van der Waals surface area contributed by atoms with Gasteiger partial charge in [-0.2, -0.15) is 5.26 Å². The molecule has 14 heavy (non-hydrogen) atoms. The second-order valence-electron chi connectivity index (χ2n) is 2.52. The predicted molar refractivity (Wildman–Crippen MR) is 43.5 cm³/mol. The number of aliphatic hydroxyl groups excluding tert-OH is 1. The third-order valence-electron chi connectivity index (χ3n) is 1.70. The minimum Gasteiger partial charge on any atom is -0.491 e. The van der Waals surface area contributed by atoms with Gasteiger partial charge in [-0.05, 0) is 12.1 Å². The quantitative estimate of drug-likeness (QED) is 0.735. The lowest BCUT2D eigenvalue weighted by molar-refractivity contribution is 0.227. The van der Waals surface area contributed by atoms with Crippen LogP contribution < -0.4 is 4.74 Å². The van der Waals surface area contributed by atoms with Gasteiger partial charge in [0, 0.05) is 5.56 Å². The van der Waals surface area contributed by atoms with Crippen LogP contribution in [0.5, 0.6) is 5.75 Å². The van der Waals surface area contributed by atoms with Crippen LogP contribution in [0.4, 0.5) is 8.78 Å². The molecule has 0 heterocycles. The first kappa shape index (κ1) is 10.4. The van der Waals surface area contributed by atoms with Gasteiger partial charge in [0.15, 0.2) is 23.5 Å². The van der Waals surface area contributed by atoms with Gasteiger partial charge < -0.3 is 9.84 Å². The van der Waals surface area contributed by atoms with Gasteiger partial charge in [0.2, 0.25) is 0 Å². The van der Waals surface area contributed by atoms with Crippen LogP contribution >= 0.6 is 0 Å². The summed E-state index contributed by atoms with van der Waals surface area (Å²) < 4.78 is 30.6. The number of hydrogen-bond acceptors (Lipinski definition) is 3. The number of halogens is 2. The zero-order valence-electron chi connectivity index (χ0n) is 7.29. The van der Waals surface area contributed by atoms with Crippen molar-refractivity contribution in [3.8, 4) is 11.8 Å². The van der Waals surface area contributed by atoms with Gasteiger partial charge in [0.25, 0.3) is 0 Å². The van der Waals surface area contributed by atoms with E-state index < -0.39 is 23.5 Å². The van der Waals surface area contributed by atoms with Crippen LogP contribution in [-0.4, -0.2) is 12.2 Å². The molecule has 0 radical (unpaired) electrons. The summed E-state index contributed by atoms with van der Waals surface area (Å²) in [4.78, 5) is 0. The molecule has 0 amide bonds. The van der Waals surface area contributed by atoms with E-state index in [9.17, 15) is 8.78 Å². The lowest BCUT2D eigenvalue weighted by Crippen LogP contribution is -2.02. The fourth-order valence-corrected chi connectivity index (χ4v) is 1.02. The monoisotopic (exact) mass is 199 g/mol. The highest BCUT2D eigenvalue weighted by atomic mass is 19.1. The maximum atomic E-state index is 13.3. The molecule has 1 aromatic rings. The van der Waals surface area contributed by atoms with Crippen LogP contribution in [0.3, 0.4) is 0 Å². The molecular weight excluding hydrogens is 192 g/mol. The molecule has 0 spiro atoms. The van der Waals surface area contributed by atoms with Crippen molar-refractivity contribution in [2.45, 2.75) is 6.10 Å². The predicted octanol–water partition coefficient (Wildman–Crippen LogP) is 1.53. The number of hydrogen-bond donors (Lipinski definition) is 1. The summed E-state index contributed by atoms with van der Waals surface area (Å²) in [6.07, 6.45) is -1.62. The molecule has 0 fully saturated rings. The molecule has 1 atom stereocenters. The Morgan fingerprint density at radius 2 is 2.14 bits per heavy atom. The maximum absolute atomic E-state index is 13.3. The van der Waals surface area contributed by atoms with Crippen molar-refractivity contribution in [2.75, 3.05) is 7.11 Å². The molecule has 0 aliphatic rings. The Hall–Kier alpha value is -1.67. The molecule has 0 saturated heterocycles. The molecule has 74 valence electrons. The molecule has 0 bridgehead atoms. The summed E-state index contributed by atoms with van der Waals surface area (Å²) >= 11 is 0. The highest BCUT2D eigenvalue weighted by molar-refractivity contribution is 5.35. The fraction of sp³-hybridized carbons (Fsp3) is 0.222. The molecule has 0 aliphatic heterocycles. The van der Waals surface area contributed by atoms with E-state index in [-0.39, 0.29) is 5.56 Å². The number of aliphatic hydroxyl groups is 1. The van der Waals surface area contributed by atoms with Gasteiger partial charge in [-0.25, -0.2) is 8.78 Å². The van der Waals surface area contributed by atoms with E-state index in [4.69, 9.17) is 10.4 Å². The Morgan fingerprint density at radius 1 is 1.50 bits per heavy atom. The zero-order chi connectivity index (χ0) is 10.7. The van der Waals surface area contributed by atoms with Crippen molar-refractivity contribution in [1.82, 2.24) is 0 Å². The summed E-state index contributed by atoms with van der Waals surface area (Å²) in [6, 6.07) is 3.36. The average Bonchev–Trinajstić information content (AvgIpc) is 2.18. The van der Waals surface area contributed by atoms with E-state index in [0.29, 0.717) is 0 Å². The van der Waals surface area contributed by atoms with Gasteiger partial charge in [-0.3, -0.25) is 0 Å². The molecule has 0 aliphatic carbocycles. The van der Waals surface area contributed by atoms with Crippen molar-refractivity contribution in [3.63, 3.8) is 0 Å². The first-order chi connectivity index (χ1) is 6.61. The van der Waals surface area contributed by atoms with Crippen molar-refractivity contribution >= 4 is 0 Å².